The monoisotopic (exact) mass is 253 g/mol. The van der Waals surface area contributed by atoms with Crippen LogP contribution in [0.25, 0.3) is 0 Å². The van der Waals surface area contributed by atoms with Crippen LogP contribution < -0.4 is 0 Å². The van der Waals surface area contributed by atoms with Gasteiger partial charge in [-0.3, -0.25) is 10.1 Å². The number of nitro benzene ring substituents is 1. The molecule has 6 heteroatoms. The number of carbonyl (C=O) groups excluding carboxylic acids is 1. The summed E-state index contributed by atoms with van der Waals surface area (Å²) in [5.74, 6) is -0.560. The lowest BCUT2D eigenvalue weighted by atomic mass is 10.3. The fraction of sp³-hybridized carbons (Fsp3) is 0.182. The van der Waals surface area contributed by atoms with Gasteiger partial charge in [0.05, 0.1) is 21.3 Å². The Morgan fingerprint density at radius 3 is 2.76 bits per heavy atom. The minimum Gasteiger partial charge on any atom is -0.462 e. The van der Waals surface area contributed by atoms with E-state index < -0.39 is 10.9 Å². The standard InChI is InChI=1S/C11H11NO4S/c1-3-16-11(13)8(2)17-10-7-5-4-6-9(10)12(14)15/h4-7H,2-3H2,1H3. The van der Waals surface area contributed by atoms with Crippen molar-refractivity contribution in [1.29, 1.82) is 0 Å². The van der Waals surface area contributed by atoms with E-state index in [1.54, 1.807) is 25.1 Å². The third-order valence-electron chi connectivity index (χ3n) is 1.80. The second-order valence-electron chi connectivity index (χ2n) is 2.97. The van der Waals surface area contributed by atoms with Gasteiger partial charge in [0.2, 0.25) is 0 Å². The molecule has 0 aliphatic rings. The number of hydrogen-bond acceptors (Lipinski definition) is 5. The predicted molar refractivity (Wildman–Crippen MR) is 64.7 cm³/mol. The first-order valence-electron chi connectivity index (χ1n) is 4.83. The molecule has 17 heavy (non-hydrogen) atoms. The van der Waals surface area contributed by atoms with Crippen molar-refractivity contribution in [3.8, 4) is 0 Å². The molecule has 0 spiro atoms. The smallest absolute Gasteiger partial charge is 0.344 e. The fourth-order valence-corrected chi connectivity index (χ4v) is 1.88. The quantitative estimate of drug-likeness (QED) is 0.265. The van der Waals surface area contributed by atoms with Crippen molar-refractivity contribution in [2.75, 3.05) is 6.61 Å². The van der Waals surface area contributed by atoms with Crippen molar-refractivity contribution in [1.82, 2.24) is 0 Å². The van der Waals surface area contributed by atoms with Crippen molar-refractivity contribution >= 4 is 23.4 Å². The molecule has 0 bridgehead atoms. The van der Waals surface area contributed by atoms with Crippen molar-refractivity contribution in [3.05, 3.63) is 45.9 Å². The molecule has 0 fully saturated rings. The number of benzene rings is 1. The largest absolute Gasteiger partial charge is 0.462 e. The molecule has 0 saturated carbocycles. The maximum Gasteiger partial charge on any atom is 0.344 e. The Morgan fingerprint density at radius 1 is 1.53 bits per heavy atom. The van der Waals surface area contributed by atoms with Gasteiger partial charge in [-0.15, -0.1) is 0 Å². The molecule has 0 N–H and O–H groups in total. The van der Waals surface area contributed by atoms with Crippen LogP contribution in [0.15, 0.2) is 40.6 Å². The number of esters is 1. The van der Waals surface area contributed by atoms with E-state index >= 15 is 0 Å². The first kappa shape index (κ1) is 13.2. The van der Waals surface area contributed by atoms with Gasteiger partial charge in [-0.1, -0.05) is 30.5 Å². The molecule has 0 radical (unpaired) electrons. The third-order valence-corrected chi connectivity index (χ3v) is 2.78. The number of para-hydroxylation sites is 1. The molecule has 0 unspecified atom stereocenters. The highest BCUT2D eigenvalue weighted by Crippen LogP contribution is 2.33. The van der Waals surface area contributed by atoms with Crippen LogP contribution in [0.3, 0.4) is 0 Å². The van der Waals surface area contributed by atoms with E-state index in [0.717, 1.165) is 11.8 Å². The third kappa shape index (κ3) is 3.60. The number of carbonyl (C=O) groups is 1. The van der Waals surface area contributed by atoms with E-state index in [1.165, 1.54) is 6.07 Å². The minimum atomic E-state index is -0.560. The van der Waals surface area contributed by atoms with E-state index in [9.17, 15) is 14.9 Å². The van der Waals surface area contributed by atoms with Gasteiger partial charge >= 0.3 is 5.97 Å². The number of hydrogen-bond donors (Lipinski definition) is 0. The molecular weight excluding hydrogens is 242 g/mol. The van der Waals surface area contributed by atoms with Gasteiger partial charge < -0.3 is 4.74 Å². The summed E-state index contributed by atoms with van der Waals surface area (Å²) in [6.07, 6.45) is 0. The SMILES string of the molecule is C=C(Sc1ccccc1[N+](=O)[O-])C(=O)OCC. The Kier molecular flexibility index (Phi) is 4.71. The Bertz CT molecular complexity index is 459. The zero-order valence-corrected chi connectivity index (χ0v) is 10.0. The minimum absolute atomic E-state index is 0.0528. The number of nitrogens with zero attached hydrogens (tertiary/aromatic N) is 1. The van der Waals surface area contributed by atoms with Gasteiger partial charge in [0, 0.05) is 6.07 Å². The van der Waals surface area contributed by atoms with Gasteiger partial charge in [0.15, 0.2) is 0 Å². The van der Waals surface area contributed by atoms with Crippen molar-refractivity contribution < 1.29 is 14.5 Å². The van der Waals surface area contributed by atoms with Crippen LogP contribution in [0.5, 0.6) is 0 Å². The number of thioether (sulfide) groups is 1. The van der Waals surface area contributed by atoms with Crippen LogP contribution in [0.1, 0.15) is 6.92 Å². The highest BCUT2D eigenvalue weighted by Gasteiger charge is 2.17. The van der Waals surface area contributed by atoms with Crippen molar-refractivity contribution in [3.63, 3.8) is 0 Å². The Morgan fingerprint density at radius 2 is 2.18 bits per heavy atom. The van der Waals surface area contributed by atoms with Crippen LogP contribution in [-0.2, 0) is 9.53 Å². The lowest BCUT2D eigenvalue weighted by Crippen LogP contribution is -2.04. The molecule has 1 aromatic rings. The molecule has 0 amide bonds. The molecule has 0 atom stereocenters. The van der Waals surface area contributed by atoms with Crippen molar-refractivity contribution in [2.24, 2.45) is 0 Å². The average Bonchev–Trinajstić information content (AvgIpc) is 2.29. The molecule has 0 saturated heterocycles. The molecule has 1 aromatic carbocycles. The summed E-state index contributed by atoms with van der Waals surface area (Å²) in [4.78, 5) is 22.1. The Balaban J connectivity index is 2.85. The first-order chi connectivity index (χ1) is 8.06. The van der Waals surface area contributed by atoms with Gasteiger partial charge in [-0.05, 0) is 13.0 Å². The summed E-state index contributed by atoms with van der Waals surface area (Å²) in [7, 11) is 0. The summed E-state index contributed by atoms with van der Waals surface area (Å²) in [6, 6.07) is 6.16. The Labute approximate surface area is 103 Å². The van der Waals surface area contributed by atoms with E-state index in [1.807, 2.05) is 0 Å². The summed E-state index contributed by atoms with van der Waals surface area (Å²) in [5.41, 5.74) is -0.0528. The highest BCUT2D eigenvalue weighted by atomic mass is 32.2. The second kappa shape index (κ2) is 6.05. The maximum atomic E-state index is 11.3. The molecule has 0 aliphatic heterocycles. The Hall–Kier alpha value is -1.82. The first-order valence-corrected chi connectivity index (χ1v) is 5.65. The van der Waals surface area contributed by atoms with Crippen LogP contribution in [0.2, 0.25) is 0 Å². The van der Waals surface area contributed by atoms with E-state index in [4.69, 9.17) is 4.74 Å². The van der Waals surface area contributed by atoms with Gasteiger partial charge in [-0.25, -0.2) is 4.79 Å². The maximum absolute atomic E-state index is 11.3. The summed E-state index contributed by atoms with van der Waals surface area (Å²) in [6.45, 7) is 5.46. The second-order valence-corrected chi connectivity index (χ2v) is 4.11. The van der Waals surface area contributed by atoms with Crippen LogP contribution >= 0.6 is 11.8 Å². The van der Waals surface area contributed by atoms with Crippen LogP contribution in [0, 0.1) is 10.1 Å². The molecular formula is C11H11NO4S. The van der Waals surface area contributed by atoms with E-state index in [0.29, 0.717) is 4.90 Å². The van der Waals surface area contributed by atoms with Crippen molar-refractivity contribution in [2.45, 2.75) is 11.8 Å². The molecule has 0 aliphatic carbocycles. The van der Waals surface area contributed by atoms with E-state index in [2.05, 4.69) is 6.58 Å². The molecule has 90 valence electrons. The lowest BCUT2D eigenvalue weighted by Gasteiger charge is -2.05. The van der Waals surface area contributed by atoms with Crippen LogP contribution in [0.4, 0.5) is 5.69 Å². The van der Waals surface area contributed by atoms with Gasteiger partial charge in [0.1, 0.15) is 0 Å². The molecule has 5 nitrogen and oxygen atoms in total. The molecule has 0 aromatic heterocycles. The molecule has 1 rings (SSSR count). The number of ether oxygens (including phenoxy) is 1. The topological polar surface area (TPSA) is 69.4 Å². The number of rotatable bonds is 5. The summed E-state index contributed by atoms with van der Waals surface area (Å²) < 4.78 is 4.75. The zero-order valence-electron chi connectivity index (χ0n) is 9.21. The highest BCUT2D eigenvalue weighted by molar-refractivity contribution is 8.04. The van der Waals surface area contributed by atoms with Gasteiger partial charge in [-0.2, -0.15) is 0 Å². The average molecular weight is 253 g/mol. The molecule has 0 heterocycles. The predicted octanol–water partition coefficient (Wildman–Crippen LogP) is 2.76. The fourth-order valence-electron chi connectivity index (χ4n) is 1.08. The normalized spacial score (nSPS) is 9.71. The lowest BCUT2D eigenvalue weighted by molar-refractivity contribution is -0.387. The zero-order chi connectivity index (χ0) is 12.8. The number of nitro groups is 1. The summed E-state index contributed by atoms with van der Waals surface area (Å²) in [5, 5.41) is 10.7. The van der Waals surface area contributed by atoms with E-state index in [-0.39, 0.29) is 17.2 Å². The van der Waals surface area contributed by atoms with Crippen LogP contribution in [-0.4, -0.2) is 17.5 Å². The summed E-state index contributed by atoms with van der Waals surface area (Å²) >= 11 is 0.936. The van der Waals surface area contributed by atoms with Gasteiger partial charge in [0.25, 0.3) is 5.69 Å².